The number of aromatic nitrogens is 1. The Labute approximate surface area is 142 Å². The number of hydrogen-bond acceptors (Lipinski definition) is 1. The lowest BCUT2D eigenvalue weighted by atomic mass is 9.97. The number of nitrogens with zero attached hydrogens (tertiary/aromatic N) is 1. The van der Waals surface area contributed by atoms with Gasteiger partial charge in [0, 0.05) is 10.4 Å². The first-order valence-electron chi connectivity index (χ1n) is 8.00. The number of benzene rings is 2. The van der Waals surface area contributed by atoms with Gasteiger partial charge >= 0.3 is 0 Å². The summed E-state index contributed by atoms with van der Waals surface area (Å²) in [6.45, 7) is 4.48. The molecule has 23 heavy (non-hydrogen) atoms. The zero-order chi connectivity index (χ0) is 16.2. The molecule has 0 unspecified atom stereocenters. The SMILES string of the molecule is CC[C@@H](C)c1cccc(/C=C/c2ccc3ccc(Cl)cc3n2)c1. The summed E-state index contributed by atoms with van der Waals surface area (Å²) in [7, 11) is 0. The lowest BCUT2D eigenvalue weighted by Gasteiger charge is -2.09. The third-order valence-corrected chi connectivity index (χ3v) is 4.45. The molecule has 0 saturated carbocycles. The molecule has 0 fully saturated rings. The van der Waals surface area contributed by atoms with Crippen LogP contribution in [0.25, 0.3) is 23.1 Å². The molecule has 0 bridgehead atoms. The van der Waals surface area contributed by atoms with Crippen molar-refractivity contribution in [3.05, 3.63) is 76.4 Å². The van der Waals surface area contributed by atoms with Crippen molar-refractivity contribution in [3.63, 3.8) is 0 Å². The molecule has 0 aliphatic carbocycles. The Balaban J connectivity index is 1.87. The van der Waals surface area contributed by atoms with Crippen molar-refractivity contribution in [1.29, 1.82) is 0 Å². The van der Waals surface area contributed by atoms with E-state index in [-0.39, 0.29) is 0 Å². The van der Waals surface area contributed by atoms with Crippen LogP contribution in [0.3, 0.4) is 0 Å². The molecule has 0 saturated heterocycles. The van der Waals surface area contributed by atoms with Gasteiger partial charge in [-0.1, -0.05) is 67.9 Å². The van der Waals surface area contributed by atoms with Gasteiger partial charge in [-0.25, -0.2) is 4.98 Å². The van der Waals surface area contributed by atoms with Gasteiger partial charge in [-0.05, 0) is 47.7 Å². The third kappa shape index (κ3) is 3.80. The summed E-state index contributed by atoms with van der Waals surface area (Å²) in [6.07, 6.45) is 5.32. The number of rotatable bonds is 4. The minimum atomic E-state index is 0.587. The van der Waals surface area contributed by atoms with Crippen LogP contribution >= 0.6 is 11.6 Å². The number of hydrogen-bond donors (Lipinski definition) is 0. The zero-order valence-electron chi connectivity index (χ0n) is 13.5. The highest BCUT2D eigenvalue weighted by Gasteiger charge is 2.02. The Morgan fingerprint density at radius 3 is 2.70 bits per heavy atom. The van der Waals surface area contributed by atoms with E-state index in [9.17, 15) is 0 Å². The predicted octanol–water partition coefficient (Wildman–Crippen LogP) is 6.57. The van der Waals surface area contributed by atoms with Gasteiger partial charge in [0.15, 0.2) is 0 Å². The van der Waals surface area contributed by atoms with Crippen LogP contribution in [0, 0.1) is 0 Å². The topological polar surface area (TPSA) is 12.9 Å². The molecule has 1 heterocycles. The normalized spacial score (nSPS) is 12.8. The summed E-state index contributed by atoms with van der Waals surface area (Å²) in [5.74, 6) is 0.587. The van der Waals surface area contributed by atoms with Crippen LogP contribution in [0.15, 0.2) is 54.6 Å². The fraction of sp³-hybridized carbons (Fsp3) is 0.190. The number of fused-ring (bicyclic) bond motifs is 1. The van der Waals surface area contributed by atoms with Crippen LogP contribution in [-0.4, -0.2) is 4.98 Å². The summed E-state index contributed by atoms with van der Waals surface area (Å²) in [5, 5.41) is 1.82. The van der Waals surface area contributed by atoms with Crippen molar-refractivity contribution in [2.75, 3.05) is 0 Å². The van der Waals surface area contributed by atoms with Crippen molar-refractivity contribution in [1.82, 2.24) is 4.98 Å². The monoisotopic (exact) mass is 321 g/mol. The highest BCUT2D eigenvalue weighted by atomic mass is 35.5. The van der Waals surface area contributed by atoms with Gasteiger partial charge in [0.2, 0.25) is 0 Å². The Bertz CT molecular complexity index is 851. The van der Waals surface area contributed by atoms with Gasteiger partial charge in [-0.2, -0.15) is 0 Å². The van der Waals surface area contributed by atoms with Crippen LogP contribution in [0.4, 0.5) is 0 Å². The highest BCUT2D eigenvalue weighted by molar-refractivity contribution is 6.31. The maximum Gasteiger partial charge on any atom is 0.0724 e. The number of pyridine rings is 1. The van der Waals surface area contributed by atoms with Crippen molar-refractivity contribution < 1.29 is 0 Å². The molecule has 1 nitrogen and oxygen atoms in total. The van der Waals surface area contributed by atoms with E-state index in [2.05, 4.69) is 61.3 Å². The van der Waals surface area contributed by atoms with Gasteiger partial charge in [0.05, 0.1) is 11.2 Å². The van der Waals surface area contributed by atoms with Crippen molar-refractivity contribution in [3.8, 4) is 0 Å². The van der Waals surface area contributed by atoms with Crippen molar-refractivity contribution >= 4 is 34.7 Å². The molecule has 116 valence electrons. The first kappa shape index (κ1) is 15.8. The smallest absolute Gasteiger partial charge is 0.0724 e. The molecule has 2 heteroatoms. The molecule has 0 radical (unpaired) electrons. The summed E-state index contributed by atoms with van der Waals surface area (Å²) in [4.78, 5) is 4.65. The average molecular weight is 322 g/mol. The standard InChI is InChI=1S/C21H20ClN/c1-3-15(2)18-6-4-5-16(13-18)7-11-20-12-9-17-8-10-19(22)14-21(17)23-20/h4-15H,3H2,1-2H3/b11-7+/t15-/m1/s1. The molecule has 0 amide bonds. The van der Waals surface area contributed by atoms with Crippen LogP contribution in [-0.2, 0) is 0 Å². The van der Waals surface area contributed by atoms with Crippen LogP contribution in [0.1, 0.15) is 43.0 Å². The van der Waals surface area contributed by atoms with Gasteiger partial charge < -0.3 is 0 Å². The zero-order valence-corrected chi connectivity index (χ0v) is 14.2. The van der Waals surface area contributed by atoms with E-state index in [4.69, 9.17) is 11.6 Å². The first-order chi connectivity index (χ1) is 11.2. The molecule has 0 spiro atoms. The molecule has 2 aromatic carbocycles. The fourth-order valence-electron chi connectivity index (χ4n) is 2.59. The first-order valence-corrected chi connectivity index (χ1v) is 8.38. The Morgan fingerprint density at radius 2 is 1.87 bits per heavy atom. The second-order valence-electron chi connectivity index (χ2n) is 5.89. The minimum Gasteiger partial charge on any atom is -0.248 e. The fourth-order valence-corrected chi connectivity index (χ4v) is 2.75. The Morgan fingerprint density at radius 1 is 1.04 bits per heavy atom. The molecule has 0 aliphatic rings. The third-order valence-electron chi connectivity index (χ3n) is 4.21. The van der Waals surface area contributed by atoms with Gasteiger partial charge in [-0.3, -0.25) is 0 Å². The Hall–Kier alpha value is -2.12. The average Bonchev–Trinajstić information content (AvgIpc) is 2.59. The maximum absolute atomic E-state index is 6.05. The van der Waals surface area contributed by atoms with Gasteiger partial charge in [-0.15, -0.1) is 0 Å². The highest BCUT2D eigenvalue weighted by Crippen LogP contribution is 2.21. The molecule has 1 aromatic heterocycles. The molecule has 0 N–H and O–H groups in total. The molecule has 0 aliphatic heterocycles. The summed E-state index contributed by atoms with van der Waals surface area (Å²) in [5.41, 5.74) is 4.45. The summed E-state index contributed by atoms with van der Waals surface area (Å²) < 4.78 is 0. The van der Waals surface area contributed by atoms with E-state index in [1.54, 1.807) is 0 Å². The quantitative estimate of drug-likeness (QED) is 0.529. The van der Waals surface area contributed by atoms with E-state index in [0.717, 1.165) is 23.0 Å². The van der Waals surface area contributed by atoms with Crippen molar-refractivity contribution in [2.45, 2.75) is 26.2 Å². The largest absolute Gasteiger partial charge is 0.248 e. The maximum atomic E-state index is 6.05. The van der Waals surface area contributed by atoms with E-state index in [1.807, 2.05) is 24.3 Å². The number of halogens is 1. The van der Waals surface area contributed by atoms with Gasteiger partial charge in [0.25, 0.3) is 0 Å². The van der Waals surface area contributed by atoms with E-state index >= 15 is 0 Å². The van der Waals surface area contributed by atoms with Gasteiger partial charge in [0.1, 0.15) is 0 Å². The molecule has 1 atom stereocenters. The van der Waals surface area contributed by atoms with Crippen molar-refractivity contribution in [2.24, 2.45) is 0 Å². The van der Waals surface area contributed by atoms with E-state index < -0.39 is 0 Å². The minimum absolute atomic E-state index is 0.587. The predicted molar refractivity (Wildman–Crippen MR) is 101 cm³/mol. The van der Waals surface area contributed by atoms with Crippen LogP contribution < -0.4 is 0 Å². The lowest BCUT2D eigenvalue weighted by molar-refractivity contribution is 0.733. The van der Waals surface area contributed by atoms with E-state index in [0.29, 0.717) is 10.9 Å². The summed E-state index contributed by atoms with van der Waals surface area (Å²) in [6, 6.07) is 18.6. The van der Waals surface area contributed by atoms with Crippen LogP contribution in [0.2, 0.25) is 5.02 Å². The molecular weight excluding hydrogens is 302 g/mol. The molecule has 3 aromatic rings. The Kier molecular flexibility index (Phi) is 4.78. The lowest BCUT2D eigenvalue weighted by Crippen LogP contribution is -1.91. The van der Waals surface area contributed by atoms with E-state index in [1.165, 1.54) is 11.1 Å². The second kappa shape index (κ2) is 6.97. The van der Waals surface area contributed by atoms with Crippen LogP contribution in [0.5, 0.6) is 0 Å². The summed E-state index contributed by atoms with van der Waals surface area (Å²) >= 11 is 6.05. The second-order valence-corrected chi connectivity index (χ2v) is 6.32. The molecule has 3 rings (SSSR count). The molecular formula is C21H20ClN.